The number of hydroxylamine groups is 1. The van der Waals surface area contributed by atoms with Crippen LogP contribution < -0.4 is 15.5 Å². The molecule has 0 unspecified atom stereocenters. The minimum absolute atomic E-state index is 0.365. The molecule has 0 aliphatic rings. The highest BCUT2D eigenvalue weighted by Crippen LogP contribution is 2.35. The first-order valence-corrected chi connectivity index (χ1v) is 10.5. The monoisotopic (exact) mass is 435 g/mol. The van der Waals surface area contributed by atoms with Crippen LogP contribution in [0.2, 0.25) is 0 Å². The molecule has 6 heteroatoms. The van der Waals surface area contributed by atoms with E-state index in [1.807, 2.05) is 72.8 Å². The van der Waals surface area contributed by atoms with E-state index in [4.69, 9.17) is 14.9 Å². The van der Waals surface area contributed by atoms with Crippen LogP contribution in [0.25, 0.3) is 21.8 Å². The number of anilines is 2. The Kier molecular flexibility index (Phi) is 5.57. The summed E-state index contributed by atoms with van der Waals surface area (Å²) >= 11 is 0. The van der Waals surface area contributed by atoms with Crippen LogP contribution in [0.3, 0.4) is 0 Å². The van der Waals surface area contributed by atoms with E-state index in [0.717, 1.165) is 44.5 Å². The molecule has 5 rings (SSSR count). The van der Waals surface area contributed by atoms with Gasteiger partial charge in [-0.15, -0.1) is 0 Å². The molecule has 0 saturated carbocycles. The van der Waals surface area contributed by atoms with E-state index in [1.54, 1.807) is 29.7 Å². The molecule has 162 valence electrons. The van der Waals surface area contributed by atoms with E-state index in [0.29, 0.717) is 12.2 Å². The lowest BCUT2D eigenvalue weighted by molar-refractivity contribution is 0.0706. The first-order chi connectivity index (χ1) is 16.2. The zero-order valence-corrected chi connectivity index (χ0v) is 17.7. The normalized spacial score (nSPS) is 10.8. The van der Waals surface area contributed by atoms with Gasteiger partial charge in [-0.3, -0.25) is 10.0 Å². The number of pyridine rings is 1. The van der Waals surface area contributed by atoms with Gasteiger partial charge < -0.3 is 10.1 Å². The van der Waals surface area contributed by atoms with Crippen LogP contribution in [0.1, 0.15) is 15.9 Å². The summed E-state index contributed by atoms with van der Waals surface area (Å²) in [7, 11) is 0. The van der Waals surface area contributed by atoms with Gasteiger partial charge in [-0.1, -0.05) is 48.5 Å². The lowest BCUT2D eigenvalue weighted by atomic mass is 10.1. The Hall–Kier alpha value is -4.42. The maximum atomic E-state index is 11.6. The average Bonchev–Trinajstić information content (AvgIpc) is 2.88. The summed E-state index contributed by atoms with van der Waals surface area (Å²) in [6.07, 6.45) is 0. The number of fused-ring (bicyclic) bond motifs is 2. The molecule has 33 heavy (non-hydrogen) atoms. The van der Waals surface area contributed by atoms with Gasteiger partial charge in [0.15, 0.2) is 0 Å². The number of nitrogens with zero attached hydrogens (tertiary/aromatic N) is 1. The Morgan fingerprint density at radius 1 is 0.818 bits per heavy atom. The molecule has 0 radical (unpaired) electrons. The Morgan fingerprint density at radius 3 is 2.33 bits per heavy atom. The lowest BCUT2D eigenvalue weighted by Crippen LogP contribution is -2.18. The second-order valence-electron chi connectivity index (χ2n) is 7.60. The quantitative estimate of drug-likeness (QED) is 0.178. The second kappa shape index (κ2) is 8.98. The number of carbonyl (C=O) groups is 1. The molecule has 5 aromatic rings. The molecule has 1 aromatic heterocycles. The van der Waals surface area contributed by atoms with Crippen LogP contribution in [0, 0.1) is 0 Å². The molecule has 0 bridgehead atoms. The SMILES string of the molecule is O=C(NO)c1ccc(Nc2c3ccccc3nc3ccc(OCc4ccccc4)cc23)cc1. The van der Waals surface area contributed by atoms with E-state index in [-0.39, 0.29) is 0 Å². The molecule has 1 amide bonds. The molecule has 0 aliphatic carbocycles. The zero-order chi connectivity index (χ0) is 22.6. The summed E-state index contributed by atoms with van der Waals surface area (Å²) < 4.78 is 6.05. The van der Waals surface area contributed by atoms with E-state index in [1.165, 1.54) is 0 Å². The standard InChI is InChI=1S/C27H21N3O3/c31-27(30-32)19-10-12-20(13-11-19)28-26-22-8-4-5-9-24(22)29-25-15-14-21(16-23(25)26)33-17-18-6-2-1-3-7-18/h1-16,32H,17H2,(H,28,29)(H,30,31). The van der Waals surface area contributed by atoms with E-state index in [2.05, 4.69) is 5.32 Å². The number of amides is 1. The third-order valence-corrected chi connectivity index (χ3v) is 5.42. The van der Waals surface area contributed by atoms with Crippen molar-refractivity contribution in [1.82, 2.24) is 10.5 Å². The smallest absolute Gasteiger partial charge is 0.274 e. The first kappa shape index (κ1) is 20.5. The van der Waals surface area contributed by atoms with Crippen LogP contribution in [0.15, 0.2) is 97.1 Å². The zero-order valence-electron chi connectivity index (χ0n) is 17.7. The number of aromatic nitrogens is 1. The van der Waals surface area contributed by atoms with Crippen molar-refractivity contribution in [3.05, 3.63) is 108 Å². The number of benzene rings is 4. The van der Waals surface area contributed by atoms with Gasteiger partial charge in [0.05, 0.1) is 16.7 Å². The number of hydrogen-bond donors (Lipinski definition) is 3. The summed E-state index contributed by atoms with van der Waals surface area (Å²) in [4.78, 5) is 16.4. The van der Waals surface area contributed by atoms with Gasteiger partial charge in [-0.05, 0) is 54.1 Å². The Labute approximate surface area is 190 Å². The van der Waals surface area contributed by atoms with E-state index in [9.17, 15) is 4.79 Å². The number of rotatable bonds is 6. The molecule has 1 heterocycles. The van der Waals surface area contributed by atoms with Gasteiger partial charge >= 0.3 is 0 Å². The van der Waals surface area contributed by atoms with Gasteiger partial charge in [-0.2, -0.15) is 0 Å². The molecule has 0 saturated heterocycles. The van der Waals surface area contributed by atoms with Crippen molar-refractivity contribution in [1.29, 1.82) is 0 Å². The van der Waals surface area contributed by atoms with Crippen molar-refractivity contribution in [3.8, 4) is 5.75 Å². The summed E-state index contributed by atoms with van der Waals surface area (Å²) in [6.45, 7) is 0.477. The number of nitrogens with one attached hydrogen (secondary N) is 2. The highest BCUT2D eigenvalue weighted by molar-refractivity contribution is 6.09. The highest BCUT2D eigenvalue weighted by Gasteiger charge is 2.12. The van der Waals surface area contributed by atoms with E-state index < -0.39 is 5.91 Å². The molecule has 0 fully saturated rings. The lowest BCUT2D eigenvalue weighted by Gasteiger charge is -2.15. The van der Waals surface area contributed by atoms with Crippen molar-refractivity contribution >= 4 is 39.1 Å². The maximum absolute atomic E-state index is 11.6. The van der Waals surface area contributed by atoms with Gasteiger partial charge in [0, 0.05) is 22.0 Å². The molecule has 0 spiro atoms. The Morgan fingerprint density at radius 2 is 1.55 bits per heavy atom. The summed E-state index contributed by atoms with van der Waals surface area (Å²) in [5, 5.41) is 14.2. The highest BCUT2D eigenvalue weighted by atomic mass is 16.5. The molecular formula is C27H21N3O3. The minimum Gasteiger partial charge on any atom is -0.489 e. The minimum atomic E-state index is -0.554. The van der Waals surface area contributed by atoms with E-state index >= 15 is 0 Å². The Bertz CT molecular complexity index is 1430. The number of para-hydroxylation sites is 1. The first-order valence-electron chi connectivity index (χ1n) is 10.5. The molecule has 4 aromatic carbocycles. The van der Waals surface area contributed by atoms with Crippen molar-refractivity contribution in [2.24, 2.45) is 0 Å². The van der Waals surface area contributed by atoms with Gasteiger partial charge in [-0.25, -0.2) is 10.5 Å². The van der Waals surface area contributed by atoms with Crippen molar-refractivity contribution in [3.63, 3.8) is 0 Å². The van der Waals surface area contributed by atoms with Crippen LogP contribution in [-0.4, -0.2) is 16.1 Å². The number of ether oxygens (including phenoxy) is 1. The van der Waals surface area contributed by atoms with Crippen LogP contribution >= 0.6 is 0 Å². The van der Waals surface area contributed by atoms with Crippen molar-refractivity contribution < 1.29 is 14.7 Å². The summed E-state index contributed by atoms with van der Waals surface area (Å²) in [5.74, 6) is 0.197. The summed E-state index contributed by atoms with van der Waals surface area (Å²) in [5.41, 5.74) is 6.54. The molecule has 0 atom stereocenters. The maximum Gasteiger partial charge on any atom is 0.274 e. The predicted molar refractivity (Wildman–Crippen MR) is 129 cm³/mol. The third kappa shape index (κ3) is 4.33. The molecule has 3 N–H and O–H groups in total. The second-order valence-corrected chi connectivity index (χ2v) is 7.60. The fourth-order valence-electron chi connectivity index (χ4n) is 3.75. The Balaban J connectivity index is 1.54. The summed E-state index contributed by atoms with van der Waals surface area (Å²) in [6, 6.07) is 30.7. The average molecular weight is 435 g/mol. The fraction of sp³-hybridized carbons (Fsp3) is 0.0370. The molecular weight excluding hydrogens is 414 g/mol. The number of carbonyl (C=O) groups excluding carboxylic acids is 1. The molecule has 0 aliphatic heterocycles. The van der Waals surface area contributed by atoms with Crippen molar-refractivity contribution in [2.45, 2.75) is 6.61 Å². The predicted octanol–water partition coefficient (Wildman–Crippen LogP) is 5.83. The van der Waals surface area contributed by atoms with Gasteiger partial charge in [0.1, 0.15) is 12.4 Å². The molecule has 6 nitrogen and oxygen atoms in total. The van der Waals surface area contributed by atoms with Crippen LogP contribution in [0.4, 0.5) is 11.4 Å². The van der Waals surface area contributed by atoms with Crippen molar-refractivity contribution in [2.75, 3.05) is 5.32 Å². The van der Waals surface area contributed by atoms with Gasteiger partial charge in [0.2, 0.25) is 0 Å². The van der Waals surface area contributed by atoms with Gasteiger partial charge in [0.25, 0.3) is 5.91 Å². The fourth-order valence-corrected chi connectivity index (χ4v) is 3.75. The van der Waals surface area contributed by atoms with Crippen LogP contribution in [0.5, 0.6) is 5.75 Å². The third-order valence-electron chi connectivity index (χ3n) is 5.42. The number of hydrogen-bond acceptors (Lipinski definition) is 5. The largest absolute Gasteiger partial charge is 0.489 e. The van der Waals surface area contributed by atoms with Crippen LogP contribution in [-0.2, 0) is 6.61 Å². The topological polar surface area (TPSA) is 83.5 Å².